The van der Waals surface area contributed by atoms with Crippen LogP contribution in [-0.2, 0) is 9.53 Å². The fourth-order valence-electron chi connectivity index (χ4n) is 1.98. The Labute approximate surface area is 119 Å². The zero-order valence-corrected chi connectivity index (χ0v) is 11.5. The van der Waals surface area contributed by atoms with Gasteiger partial charge in [0.05, 0.1) is 19.7 Å². The Hall–Kier alpha value is -2.96. The second-order valence-corrected chi connectivity index (χ2v) is 4.25. The highest BCUT2D eigenvalue weighted by Gasteiger charge is 2.09. The molecule has 0 amide bonds. The number of aromatic nitrogens is 4. The lowest BCUT2D eigenvalue weighted by Gasteiger charge is -2.03. The van der Waals surface area contributed by atoms with E-state index in [1.165, 1.54) is 19.3 Å². The van der Waals surface area contributed by atoms with Gasteiger partial charge in [-0.05, 0) is 24.3 Å². The van der Waals surface area contributed by atoms with E-state index in [0.717, 1.165) is 16.7 Å². The van der Waals surface area contributed by atoms with Crippen LogP contribution < -0.4 is 4.74 Å². The van der Waals surface area contributed by atoms with Crippen LogP contribution in [0.5, 0.6) is 5.75 Å². The highest BCUT2D eigenvalue weighted by atomic mass is 16.5. The van der Waals surface area contributed by atoms with Crippen molar-refractivity contribution >= 4 is 28.6 Å². The summed E-state index contributed by atoms with van der Waals surface area (Å²) in [5.74, 6) is 0.288. The number of rotatable bonds is 3. The zero-order valence-electron chi connectivity index (χ0n) is 11.5. The zero-order chi connectivity index (χ0) is 14.8. The van der Waals surface area contributed by atoms with Crippen molar-refractivity contribution in [1.82, 2.24) is 19.8 Å². The molecule has 0 aliphatic rings. The number of carbonyl (C=O) groups excluding carboxylic acids is 1. The molecule has 0 N–H and O–H groups in total. The molecule has 2 heterocycles. The third-order valence-electron chi connectivity index (χ3n) is 3.04. The highest BCUT2D eigenvalue weighted by molar-refractivity contribution is 5.88. The Kier molecular flexibility index (Phi) is 3.23. The van der Waals surface area contributed by atoms with E-state index < -0.39 is 5.97 Å². The molecule has 0 radical (unpaired) electrons. The van der Waals surface area contributed by atoms with Gasteiger partial charge in [-0.25, -0.2) is 9.78 Å². The fraction of sp³-hybridized carbons (Fsp3) is 0.143. The average molecular weight is 284 g/mol. The molecule has 0 fully saturated rings. The first kappa shape index (κ1) is 13.0. The van der Waals surface area contributed by atoms with Crippen molar-refractivity contribution in [2.45, 2.75) is 0 Å². The van der Waals surface area contributed by atoms with Gasteiger partial charge in [-0.15, -0.1) is 5.10 Å². The summed E-state index contributed by atoms with van der Waals surface area (Å²) in [6, 6.07) is 5.59. The molecule has 106 valence electrons. The Balaban J connectivity index is 2.13. The smallest absolute Gasteiger partial charge is 0.330 e. The topological polar surface area (TPSA) is 78.6 Å². The minimum absolute atomic E-state index is 0.457. The van der Waals surface area contributed by atoms with E-state index in [1.54, 1.807) is 17.8 Å². The molecule has 21 heavy (non-hydrogen) atoms. The molecule has 0 atom stereocenters. The quantitative estimate of drug-likeness (QED) is 0.535. The molecule has 0 aliphatic carbocycles. The maximum absolute atomic E-state index is 11.1. The minimum Gasteiger partial charge on any atom is -0.497 e. The van der Waals surface area contributed by atoms with Gasteiger partial charge in [-0.1, -0.05) is 5.21 Å². The summed E-state index contributed by atoms with van der Waals surface area (Å²) < 4.78 is 11.3. The number of benzene rings is 1. The van der Waals surface area contributed by atoms with Crippen molar-refractivity contribution in [3.05, 3.63) is 36.2 Å². The van der Waals surface area contributed by atoms with Gasteiger partial charge < -0.3 is 9.47 Å². The van der Waals surface area contributed by atoms with Crippen LogP contribution in [0.4, 0.5) is 0 Å². The first-order valence-corrected chi connectivity index (χ1v) is 6.17. The summed E-state index contributed by atoms with van der Waals surface area (Å²) in [4.78, 5) is 15.5. The van der Waals surface area contributed by atoms with Crippen molar-refractivity contribution in [1.29, 1.82) is 0 Å². The lowest BCUT2D eigenvalue weighted by Crippen LogP contribution is -1.94. The Morgan fingerprint density at radius 2 is 2.19 bits per heavy atom. The number of ether oxygens (including phenoxy) is 2. The van der Waals surface area contributed by atoms with Crippen LogP contribution in [0.2, 0.25) is 0 Å². The van der Waals surface area contributed by atoms with E-state index in [4.69, 9.17) is 4.74 Å². The Morgan fingerprint density at radius 3 is 2.95 bits per heavy atom. The van der Waals surface area contributed by atoms with E-state index in [2.05, 4.69) is 20.0 Å². The molecular weight excluding hydrogens is 272 g/mol. The largest absolute Gasteiger partial charge is 0.497 e. The standard InChI is InChI=1S/C14H12N4O3/c1-20-10-3-5-12-9(7-10)8-15-14-11(16-17-18(12)14)4-6-13(19)21-2/h3-8H,1-2H3. The summed E-state index contributed by atoms with van der Waals surface area (Å²) >= 11 is 0. The maximum Gasteiger partial charge on any atom is 0.330 e. The van der Waals surface area contributed by atoms with Gasteiger partial charge in [0, 0.05) is 17.7 Å². The first-order valence-electron chi connectivity index (χ1n) is 6.17. The molecule has 7 nitrogen and oxygen atoms in total. The molecular formula is C14H12N4O3. The normalized spacial score (nSPS) is 11.3. The second kappa shape index (κ2) is 5.20. The number of methoxy groups -OCH3 is 2. The van der Waals surface area contributed by atoms with Crippen molar-refractivity contribution in [3.8, 4) is 5.75 Å². The SMILES string of the molecule is COC(=O)C=Cc1nnn2c1ncc1cc(OC)ccc12. The summed E-state index contributed by atoms with van der Waals surface area (Å²) in [5.41, 5.74) is 1.91. The van der Waals surface area contributed by atoms with Gasteiger partial charge in [-0.2, -0.15) is 4.52 Å². The van der Waals surface area contributed by atoms with Crippen LogP contribution in [0.15, 0.2) is 30.5 Å². The number of carbonyl (C=O) groups is 1. The third kappa shape index (κ3) is 2.29. The van der Waals surface area contributed by atoms with Crippen LogP contribution in [0, 0.1) is 0 Å². The highest BCUT2D eigenvalue weighted by Crippen LogP contribution is 2.21. The molecule has 1 aromatic carbocycles. The lowest BCUT2D eigenvalue weighted by molar-refractivity contribution is -0.134. The van der Waals surface area contributed by atoms with Crippen molar-refractivity contribution in [2.75, 3.05) is 14.2 Å². The monoisotopic (exact) mass is 284 g/mol. The van der Waals surface area contributed by atoms with Crippen LogP contribution in [-0.4, -0.2) is 40.0 Å². The molecule has 0 unspecified atom stereocenters. The van der Waals surface area contributed by atoms with Gasteiger partial charge in [0.15, 0.2) is 5.65 Å². The van der Waals surface area contributed by atoms with Crippen molar-refractivity contribution in [2.24, 2.45) is 0 Å². The molecule has 0 aliphatic heterocycles. The Bertz CT molecular complexity index is 854. The maximum atomic E-state index is 11.1. The molecule has 7 heteroatoms. The minimum atomic E-state index is -0.457. The van der Waals surface area contributed by atoms with Crippen LogP contribution >= 0.6 is 0 Å². The van der Waals surface area contributed by atoms with Crippen LogP contribution in [0.25, 0.3) is 22.6 Å². The van der Waals surface area contributed by atoms with Crippen molar-refractivity contribution < 1.29 is 14.3 Å². The van der Waals surface area contributed by atoms with Crippen LogP contribution in [0.3, 0.4) is 0 Å². The van der Waals surface area contributed by atoms with Crippen molar-refractivity contribution in [3.63, 3.8) is 0 Å². The second-order valence-electron chi connectivity index (χ2n) is 4.25. The molecule has 3 rings (SSSR count). The van der Waals surface area contributed by atoms with E-state index in [-0.39, 0.29) is 0 Å². The number of fused-ring (bicyclic) bond motifs is 3. The van der Waals surface area contributed by atoms with E-state index in [9.17, 15) is 4.79 Å². The number of hydrogen-bond acceptors (Lipinski definition) is 6. The van der Waals surface area contributed by atoms with E-state index >= 15 is 0 Å². The predicted octanol–water partition coefficient (Wildman–Crippen LogP) is 1.47. The predicted molar refractivity (Wildman–Crippen MR) is 75.9 cm³/mol. The summed E-state index contributed by atoms with van der Waals surface area (Å²) in [6.45, 7) is 0. The number of nitrogens with zero attached hydrogens (tertiary/aromatic N) is 4. The molecule has 2 aromatic heterocycles. The van der Waals surface area contributed by atoms with Gasteiger partial charge in [0.1, 0.15) is 11.4 Å². The Morgan fingerprint density at radius 1 is 1.33 bits per heavy atom. The lowest BCUT2D eigenvalue weighted by atomic mass is 10.2. The van der Waals surface area contributed by atoms with Gasteiger partial charge in [0.25, 0.3) is 0 Å². The van der Waals surface area contributed by atoms with Gasteiger partial charge in [0.2, 0.25) is 0 Å². The summed E-state index contributed by atoms with van der Waals surface area (Å²) in [6.07, 6.45) is 4.52. The molecule has 0 saturated heterocycles. The number of hydrogen-bond donors (Lipinski definition) is 0. The van der Waals surface area contributed by atoms with E-state index in [1.807, 2.05) is 18.2 Å². The molecule has 0 bridgehead atoms. The first-order chi connectivity index (χ1) is 10.2. The number of esters is 1. The summed E-state index contributed by atoms with van der Waals surface area (Å²) in [5, 5.41) is 8.97. The average Bonchev–Trinajstić information content (AvgIpc) is 2.95. The third-order valence-corrected chi connectivity index (χ3v) is 3.04. The van der Waals surface area contributed by atoms with E-state index in [0.29, 0.717) is 11.3 Å². The molecule has 0 saturated carbocycles. The molecule has 0 spiro atoms. The summed E-state index contributed by atoms with van der Waals surface area (Å²) in [7, 11) is 2.92. The van der Waals surface area contributed by atoms with Gasteiger partial charge >= 0.3 is 5.97 Å². The van der Waals surface area contributed by atoms with Crippen LogP contribution in [0.1, 0.15) is 5.69 Å². The fourth-order valence-corrected chi connectivity index (χ4v) is 1.98. The molecule has 3 aromatic rings. The van der Waals surface area contributed by atoms with Gasteiger partial charge in [-0.3, -0.25) is 0 Å².